The van der Waals surface area contributed by atoms with E-state index in [-0.39, 0.29) is 11.8 Å². The molecule has 0 aliphatic heterocycles. The van der Waals surface area contributed by atoms with Crippen LogP contribution in [-0.2, 0) is 0 Å². The zero-order chi connectivity index (χ0) is 14.8. The normalized spacial score (nSPS) is 10.5. The Kier molecular flexibility index (Phi) is 3.81. The number of hydrogen-bond donors (Lipinski definition) is 3. The van der Waals surface area contributed by atoms with E-state index in [9.17, 15) is 9.90 Å². The topological polar surface area (TPSA) is 61.4 Å². The lowest BCUT2D eigenvalue weighted by atomic mass is 10.2. The second-order valence-electron chi connectivity index (χ2n) is 4.42. The maximum Gasteiger partial charge on any atom is 0.324 e. The number of fused-ring (bicyclic) bond motifs is 1. The lowest BCUT2D eigenvalue weighted by Crippen LogP contribution is -2.18. The van der Waals surface area contributed by atoms with Crippen molar-refractivity contribution in [1.29, 1.82) is 0 Å². The molecule has 0 bridgehead atoms. The van der Waals surface area contributed by atoms with Crippen LogP contribution in [0, 0.1) is 0 Å². The maximum absolute atomic E-state index is 11.9. The van der Waals surface area contributed by atoms with E-state index in [1.807, 2.05) is 36.4 Å². The predicted molar refractivity (Wildman–Crippen MR) is 90.3 cm³/mol. The number of nitrogens with one attached hydrogen (secondary N) is 2. The molecule has 2 amide bonds. The summed E-state index contributed by atoms with van der Waals surface area (Å²) in [6.07, 6.45) is 0. The van der Waals surface area contributed by atoms with Gasteiger partial charge in [-0.05, 0) is 53.9 Å². The van der Waals surface area contributed by atoms with Gasteiger partial charge in [0.05, 0.1) is 5.00 Å². The van der Waals surface area contributed by atoms with Crippen LogP contribution in [0.3, 0.4) is 0 Å². The zero-order valence-corrected chi connectivity index (χ0v) is 13.2. The van der Waals surface area contributed by atoms with Crippen LogP contribution in [0.25, 0.3) is 10.1 Å². The van der Waals surface area contributed by atoms with Crippen molar-refractivity contribution in [3.63, 3.8) is 0 Å². The average Bonchev–Trinajstić information content (AvgIpc) is 2.82. The van der Waals surface area contributed by atoms with Crippen molar-refractivity contribution in [2.75, 3.05) is 10.6 Å². The highest BCUT2D eigenvalue weighted by Crippen LogP contribution is 2.32. The highest BCUT2D eigenvalue weighted by molar-refractivity contribution is 9.10. The van der Waals surface area contributed by atoms with Crippen LogP contribution < -0.4 is 10.6 Å². The number of phenols is 1. The predicted octanol–water partition coefficient (Wildman–Crippen LogP) is 5.01. The number of carbonyl (C=O) groups excluding carboxylic acids is 1. The highest BCUT2D eigenvalue weighted by atomic mass is 79.9. The molecule has 1 heterocycles. The van der Waals surface area contributed by atoms with Gasteiger partial charge in [-0.3, -0.25) is 5.32 Å². The Labute approximate surface area is 133 Å². The van der Waals surface area contributed by atoms with E-state index in [4.69, 9.17) is 0 Å². The summed E-state index contributed by atoms with van der Waals surface area (Å²) in [7, 11) is 0. The standard InChI is InChI=1S/C15H11BrN2O2S/c16-10-2-4-11(5-3-10)17-15(20)18-14-7-9-1-6-12(19)8-13(9)21-14/h1-8,19H,(H2,17,18,20). The summed E-state index contributed by atoms with van der Waals surface area (Å²) >= 11 is 4.76. The lowest BCUT2D eigenvalue weighted by Gasteiger charge is -2.05. The molecule has 4 nitrogen and oxygen atoms in total. The molecule has 21 heavy (non-hydrogen) atoms. The number of thiophene rings is 1. The van der Waals surface area contributed by atoms with Gasteiger partial charge in [0, 0.05) is 14.9 Å². The van der Waals surface area contributed by atoms with E-state index in [2.05, 4.69) is 26.6 Å². The van der Waals surface area contributed by atoms with Crippen molar-refractivity contribution < 1.29 is 9.90 Å². The Bertz CT molecular complexity index is 799. The molecule has 0 fully saturated rings. The first-order chi connectivity index (χ1) is 10.1. The number of hydrogen-bond acceptors (Lipinski definition) is 3. The molecular formula is C15H11BrN2O2S. The molecule has 0 spiro atoms. The van der Waals surface area contributed by atoms with Gasteiger partial charge in [-0.2, -0.15) is 0 Å². The molecule has 3 N–H and O–H groups in total. The van der Waals surface area contributed by atoms with Crippen LogP contribution in [0.5, 0.6) is 5.75 Å². The fourth-order valence-corrected chi connectivity index (χ4v) is 3.14. The number of amides is 2. The SMILES string of the molecule is O=C(Nc1ccc(Br)cc1)Nc1cc2ccc(O)cc2s1. The molecule has 0 saturated carbocycles. The van der Waals surface area contributed by atoms with E-state index in [1.54, 1.807) is 12.1 Å². The van der Waals surface area contributed by atoms with Crippen molar-refractivity contribution in [3.8, 4) is 5.75 Å². The largest absolute Gasteiger partial charge is 0.508 e. The number of phenolic OH excluding ortho intramolecular Hbond substituents is 1. The van der Waals surface area contributed by atoms with Gasteiger partial charge in [0.25, 0.3) is 0 Å². The number of rotatable bonds is 2. The van der Waals surface area contributed by atoms with Gasteiger partial charge in [0.15, 0.2) is 0 Å². The van der Waals surface area contributed by atoms with Gasteiger partial charge >= 0.3 is 6.03 Å². The Morgan fingerprint density at radius 3 is 2.57 bits per heavy atom. The molecule has 0 radical (unpaired) electrons. The highest BCUT2D eigenvalue weighted by Gasteiger charge is 2.07. The molecule has 0 atom stereocenters. The minimum Gasteiger partial charge on any atom is -0.508 e. The minimum atomic E-state index is -0.298. The van der Waals surface area contributed by atoms with Crippen molar-refractivity contribution in [2.45, 2.75) is 0 Å². The van der Waals surface area contributed by atoms with E-state index >= 15 is 0 Å². The molecule has 3 rings (SSSR count). The summed E-state index contributed by atoms with van der Waals surface area (Å²) in [5, 5.41) is 16.7. The van der Waals surface area contributed by atoms with E-state index in [1.165, 1.54) is 11.3 Å². The van der Waals surface area contributed by atoms with Crippen LogP contribution in [0.2, 0.25) is 0 Å². The fourth-order valence-electron chi connectivity index (χ4n) is 1.89. The van der Waals surface area contributed by atoms with Gasteiger partial charge in [-0.25, -0.2) is 4.79 Å². The third-order valence-electron chi connectivity index (χ3n) is 2.84. The summed E-state index contributed by atoms with van der Waals surface area (Å²) in [5.74, 6) is 0.218. The molecule has 3 aromatic rings. The Morgan fingerprint density at radius 1 is 1.05 bits per heavy atom. The van der Waals surface area contributed by atoms with Crippen molar-refractivity contribution in [1.82, 2.24) is 0 Å². The first-order valence-corrected chi connectivity index (χ1v) is 7.77. The van der Waals surface area contributed by atoms with Crippen molar-refractivity contribution >= 4 is 54.1 Å². The minimum absolute atomic E-state index is 0.218. The molecule has 106 valence electrons. The van der Waals surface area contributed by atoms with Crippen LogP contribution in [0.15, 0.2) is 53.0 Å². The third kappa shape index (κ3) is 3.34. The monoisotopic (exact) mass is 362 g/mol. The molecule has 0 unspecified atom stereocenters. The van der Waals surface area contributed by atoms with Crippen LogP contribution in [0.4, 0.5) is 15.5 Å². The Balaban J connectivity index is 1.72. The van der Waals surface area contributed by atoms with Crippen molar-refractivity contribution in [3.05, 3.63) is 53.0 Å². The number of benzene rings is 2. The van der Waals surface area contributed by atoms with E-state index in [0.717, 1.165) is 25.2 Å². The summed E-state index contributed by atoms with van der Waals surface area (Å²) in [6, 6.07) is 14.0. The summed E-state index contributed by atoms with van der Waals surface area (Å²) in [4.78, 5) is 11.9. The fraction of sp³-hybridized carbons (Fsp3) is 0. The molecule has 1 aromatic heterocycles. The van der Waals surface area contributed by atoms with E-state index < -0.39 is 0 Å². The Morgan fingerprint density at radius 2 is 1.81 bits per heavy atom. The Hall–Kier alpha value is -2.05. The van der Waals surface area contributed by atoms with Gasteiger partial charge in [0.1, 0.15) is 5.75 Å². The first-order valence-electron chi connectivity index (χ1n) is 6.16. The van der Waals surface area contributed by atoms with Crippen molar-refractivity contribution in [2.24, 2.45) is 0 Å². The smallest absolute Gasteiger partial charge is 0.324 e. The maximum atomic E-state index is 11.9. The molecule has 0 aliphatic carbocycles. The van der Waals surface area contributed by atoms with Gasteiger partial charge in [0.2, 0.25) is 0 Å². The second-order valence-corrected chi connectivity index (χ2v) is 6.42. The molecule has 0 saturated heterocycles. The number of anilines is 2. The molecule has 0 aliphatic rings. The van der Waals surface area contributed by atoms with Gasteiger partial charge in [-0.15, -0.1) is 11.3 Å². The third-order valence-corrected chi connectivity index (χ3v) is 4.38. The lowest BCUT2D eigenvalue weighted by molar-refractivity contribution is 0.262. The number of halogens is 1. The molecule has 2 aromatic carbocycles. The quantitative estimate of drug-likeness (QED) is 0.599. The van der Waals surface area contributed by atoms with Gasteiger partial charge in [-0.1, -0.05) is 15.9 Å². The summed E-state index contributed by atoms with van der Waals surface area (Å²) < 4.78 is 1.88. The average molecular weight is 363 g/mol. The molecular weight excluding hydrogens is 352 g/mol. The van der Waals surface area contributed by atoms with Crippen LogP contribution >= 0.6 is 27.3 Å². The van der Waals surface area contributed by atoms with Gasteiger partial charge < -0.3 is 10.4 Å². The zero-order valence-electron chi connectivity index (χ0n) is 10.8. The first kappa shape index (κ1) is 13.9. The second kappa shape index (κ2) is 5.75. The number of aromatic hydroxyl groups is 1. The van der Waals surface area contributed by atoms with E-state index in [0.29, 0.717) is 0 Å². The molecule has 6 heteroatoms. The summed E-state index contributed by atoms with van der Waals surface area (Å²) in [5.41, 5.74) is 0.717. The number of urea groups is 1. The number of carbonyl (C=O) groups is 1. The van der Waals surface area contributed by atoms with Crippen LogP contribution in [-0.4, -0.2) is 11.1 Å². The summed E-state index contributed by atoms with van der Waals surface area (Å²) in [6.45, 7) is 0. The van der Waals surface area contributed by atoms with Crippen LogP contribution in [0.1, 0.15) is 0 Å².